The normalized spacial score (nSPS) is 17.3. The molecule has 1 saturated heterocycles. The summed E-state index contributed by atoms with van der Waals surface area (Å²) in [4.78, 5) is 25.6. The predicted octanol–water partition coefficient (Wildman–Crippen LogP) is 5.20. The molecule has 0 saturated carbocycles. The Kier molecular flexibility index (Phi) is 11.6. The fourth-order valence-corrected chi connectivity index (χ4v) is 3.26. The smallest absolute Gasteiger partial charge is 0.327 e. The fourth-order valence-electron chi connectivity index (χ4n) is 3.26. The van der Waals surface area contributed by atoms with Crippen molar-refractivity contribution in [3.63, 3.8) is 0 Å². The maximum absolute atomic E-state index is 12.3. The van der Waals surface area contributed by atoms with Gasteiger partial charge in [0.25, 0.3) is 0 Å². The van der Waals surface area contributed by atoms with Crippen LogP contribution in [0.5, 0.6) is 0 Å². The number of amides is 1. The molecule has 1 unspecified atom stereocenters. The molecule has 0 aromatic heterocycles. The van der Waals surface area contributed by atoms with Crippen LogP contribution in [0, 0.1) is 0 Å². The second kappa shape index (κ2) is 13.3. The van der Waals surface area contributed by atoms with E-state index in [1.807, 2.05) is 0 Å². The Labute approximate surface area is 148 Å². The molecule has 0 N–H and O–H groups in total. The molecule has 0 aromatic rings. The van der Waals surface area contributed by atoms with Gasteiger partial charge in [-0.25, -0.2) is 0 Å². The number of hydrogen-bond donors (Lipinski definition) is 0. The van der Waals surface area contributed by atoms with Gasteiger partial charge in [-0.3, -0.25) is 14.5 Å². The van der Waals surface area contributed by atoms with Crippen molar-refractivity contribution in [1.29, 1.82) is 0 Å². The van der Waals surface area contributed by atoms with Gasteiger partial charge in [-0.1, -0.05) is 78.1 Å². The van der Waals surface area contributed by atoms with E-state index in [0.29, 0.717) is 6.42 Å². The zero-order valence-electron chi connectivity index (χ0n) is 15.9. The molecule has 1 fully saturated rings. The van der Waals surface area contributed by atoms with E-state index in [2.05, 4.69) is 13.8 Å². The Hall–Kier alpha value is -1.06. The van der Waals surface area contributed by atoms with E-state index in [-0.39, 0.29) is 24.6 Å². The lowest BCUT2D eigenvalue weighted by molar-refractivity contribution is -0.143. The number of esters is 1. The van der Waals surface area contributed by atoms with Crippen molar-refractivity contribution >= 4 is 11.9 Å². The average Bonchev–Trinajstić information content (AvgIpc) is 2.94. The minimum atomic E-state index is -0.309. The van der Waals surface area contributed by atoms with Gasteiger partial charge in [-0.15, -0.1) is 0 Å². The first-order valence-electron chi connectivity index (χ1n) is 10.2. The molecule has 4 nitrogen and oxygen atoms in total. The van der Waals surface area contributed by atoms with Crippen LogP contribution in [-0.4, -0.2) is 29.5 Å². The van der Waals surface area contributed by atoms with Crippen molar-refractivity contribution in [2.75, 3.05) is 6.54 Å². The number of cyclic esters (lactones) is 1. The highest BCUT2D eigenvalue weighted by Crippen LogP contribution is 2.20. The van der Waals surface area contributed by atoms with Crippen molar-refractivity contribution in [3.05, 3.63) is 0 Å². The highest BCUT2D eigenvalue weighted by Gasteiger charge is 2.34. The molecule has 0 radical (unpaired) electrons. The number of unbranched alkanes of at least 4 members (excludes halogenated alkanes) is 10. The van der Waals surface area contributed by atoms with E-state index in [9.17, 15) is 9.59 Å². The Morgan fingerprint density at radius 2 is 1.46 bits per heavy atom. The van der Waals surface area contributed by atoms with Crippen LogP contribution in [0.1, 0.15) is 104 Å². The van der Waals surface area contributed by atoms with Crippen LogP contribution in [0.2, 0.25) is 0 Å². The summed E-state index contributed by atoms with van der Waals surface area (Å²) >= 11 is 0. The van der Waals surface area contributed by atoms with Crippen LogP contribution in [0.4, 0.5) is 0 Å². The standard InChI is InChI=1S/C20H37NO3/c1-3-5-7-9-10-12-14-16-19-21(17-20(23)24-19)18(22)15-13-11-8-6-4-2/h19H,3-17H2,1-2H3. The second-order valence-electron chi connectivity index (χ2n) is 7.04. The van der Waals surface area contributed by atoms with Gasteiger partial charge in [-0.2, -0.15) is 0 Å². The third-order valence-electron chi connectivity index (χ3n) is 4.78. The molecule has 0 aromatic carbocycles. The summed E-state index contributed by atoms with van der Waals surface area (Å²) in [5.41, 5.74) is 0. The van der Waals surface area contributed by atoms with E-state index < -0.39 is 0 Å². The van der Waals surface area contributed by atoms with Crippen LogP contribution in [0.15, 0.2) is 0 Å². The van der Waals surface area contributed by atoms with E-state index in [1.165, 1.54) is 51.4 Å². The van der Waals surface area contributed by atoms with Crippen LogP contribution < -0.4 is 0 Å². The topological polar surface area (TPSA) is 46.6 Å². The lowest BCUT2D eigenvalue weighted by Crippen LogP contribution is -2.36. The molecule has 140 valence electrons. The Morgan fingerprint density at radius 1 is 0.917 bits per heavy atom. The Morgan fingerprint density at radius 3 is 2.08 bits per heavy atom. The van der Waals surface area contributed by atoms with Gasteiger partial charge in [0.05, 0.1) is 0 Å². The molecule has 0 aliphatic carbocycles. The number of carbonyl (C=O) groups excluding carboxylic acids is 2. The number of carbonyl (C=O) groups is 2. The summed E-state index contributed by atoms with van der Waals surface area (Å²) in [7, 11) is 0. The minimum Gasteiger partial charge on any atom is -0.440 e. The molecule has 1 rings (SSSR count). The predicted molar refractivity (Wildman–Crippen MR) is 97.6 cm³/mol. The quantitative estimate of drug-likeness (QED) is 0.323. The van der Waals surface area contributed by atoms with Crippen LogP contribution in [0.25, 0.3) is 0 Å². The maximum atomic E-state index is 12.3. The Bertz CT molecular complexity index is 357. The van der Waals surface area contributed by atoms with Crippen molar-refractivity contribution in [2.45, 2.75) is 110 Å². The molecule has 0 bridgehead atoms. The molecule has 1 aliphatic rings. The molecule has 1 heterocycles. The number of rotatable bonds is 14. The van der Waals surface area contributed by atoms with Crippen LogP contribution >= 0.6 is 0 Å². The summed E-state index contributed by atoms with van der Waals surface area (Å²) in [6.07, 6.45) is 15.3. The molecular formula is C20H37NO3. The number of hydrogen-bond acceptors (Lipinski definition) is 3. The lowest BCUT2D eigenvalue weighted by atomic mass is 10.1. The SMILES string of the molecule is CCCCCCCCCC1OC(=O)CN1C(=O)CCCCCCC. The molecule has 1 aliphatic heterocycles. The number of nitrogens with zero attached hydrogens (tertiary/aromatic N) is 1. The van der Waals surface area contributed by atoms with E-state index in [4.69, 9.17) is 4.74 Å². The molecular weight excluding hydrogens is 302 g/mol. The van der Waals surface area contributed by atoms with Gasteiger partial charge in [0, 0.05) is 12.8 Å². The molecule has 1 amide bonds. The summed E-state index contributed by atoms with van der Waals surface area (Å²) in [6.45, 7) is 4.56. The Balaban J connectivity index is 2.19. The zero-order chi connectivity index (χ0) is 17.6. The number of ether oxygens (including phenoxy) is 1. The van der Waals surface area contributed by atoms with Crippen molar-refractivity contribution in [2.24, 2.45) is 0 Å². The molecule has 4 heteroatoms. The van der Waals surface area contributed by atoms with Gasteiger partial charge in [-0.05, 0) is 12.8 Å². The van der Waals surface area contributed by atoms with E-state index in [1.54, 1.807) is 4.90 Å². The van der Waals surface area contributed by atoms with Gasteiger partial charge in [0.1, 0.15) is 6.54 Å². The van der Waals surface area contributed by atoms with Gasteiger partial charge < -0.3 is 4.74 Å². The van der Waals surface area contributed by atoms with Crippen LogP contribution in [0.3, 0.4) is 0 Å². The summed E-state index contributed by atoms with van der Waals surface area (Å²) in [5.74, 6) is -0.160. The van der Waals surface area contributed by atoms with Gasteiger partial charge in [0.15, 0.2) is 6.23 Å². The van der Waals surface area contributed by atoms with Crippen molar-refractivity contribution < 1.29 is 14.3 Å². The van der Waals surface area contributed by atoms with E-state index >= 15 is 0 Å². The summed E-state index contributed by atoms with van der Waals surface area (Å²) in [6, 6.07) is 0. The maximum Gasteiger partial charge on any atom is 0.327 e. The monoisotopic (exact) mass is 339 g/mol. The molecule has 1 atom stereocenters. The fraction of sp³-hybridized carbons (Fsp3) is 0.900. The highest BCUT2D eigenvalue weighted by atomic mass is 16.6. The highest BCUT2D eigenvalue weighted by molar-refractivity contribution is 5.84. The van der Waals surface area contributed by atoms with Gasteiger partial charge in [0.2, 0.25) is 5.91 Å². The first-order chi connectivity index (χ1) is 11.7. The van der Waals surface area contributed by atoms with E-state index in [0.717, 1.165) is 32.1 Å². The largest absolute Gasteiger partial charge is 0.440 e. The van der Waals surface area contributed by atoms with Crippen molar-refractivity contribution in [1.82, 2.24) is 4.90 Å². The molecule has 0 spiro atoms. The third kappa shape index (κ3) is 8.70. The third-order valence-corrected chi connectivity index (χ3v) is 4.78. The average molecular weight is 340 g/mol. The summed E-state index contributed by atoms with van der Waals surface area (Å²) < 4.78 is 5.35. The van der Waals surface area contributed by atoms with Crippen molar-refractivity contribution in [3.8, 4) is 0 Å². The zero-order valence-corrected chi connectivity index (χ0v) is 15.9. The summed E-state index contributed by atoms with van der Waals surface area (Å²) in [5, 5.41) is 0. The molecule has 24 heavy (non-hydrogen) atoms. The second-order valence-corrected chi connectivity index (χ2v) is 7.04. The first kappa shape index (κ1) is 21.0. The first-order valence-corrected chi connectivity index (χ1v) is 10.2. The lowest BCUT2D eigenvalue weighted by Gasteiger charge is -2.21. The van der Waals surface area contributed by atoms with Gasteiger partial charge >= 0.3 is 5.97 Å². The van der Waals surface area contributed by atoms with Crippen LogP contribution in [-0.2, 0) is 14.3 Å². The minimum absolute atomic E-state index is 0.0882.